The molecule has 6 heteroatoms. The van der Waals surface area contributed by atoms with Crippen LogP contribution in [0.2, 0.25) is 5.02 Å². The minimum absolute atomic E-state index is 0.231. The van der Waals surface area contributed by atoms with Gasteiger partial charge in [0, 0.05) is 16.7 Å². The summed E-state index contributed by atoms with van der Waals surface area (Å²) in [5.41, 5.74) is 0.751. The van der Waals surface area contributed by atoms with Crippen LogP contribution in [0.1, 0.15) is 17.3 Å². The highest BCUT2D eigenvalue weighted by atomic mass is 35.5. The second-order valence-electron chi connectivity index (χ2n) is 4.13. The Morgan fingerprint density at radius 1 is 1.45 bits per heavy atom. The van der Waals surface area contributed by atoms with Crippen molar-refractivity contribution in [1.29, 1.82) is 0 Å². The molecule has 2 rings (SSSR count). The number of carbonyl (C=O) groups excluding carboxylic acids is 3. The van der Waals surface area contributed by atoms with Gasteiger partial charge in [-0.3, -0.25) is 9.59 Å². The van der Waals surface area contributed by atoms with Crippen LogP contribution >= 0.6 is 11.6 Å². The summed E-state index contributed by atoms with van der Waals surface area (Å²) in [6.45, 7) is 1.90. The molecule has 0 saturated heterocycles. The molecule has 104 valence electrons. The Hall–Kier alpha value is -2.14. The zero-order chi connectivity index (χ0) is 14.7. The Labute approximate surface area is 120 Å². The minimum Gasteiger partial charge on any atom is -0.463 e. The number of hydrogen-bond acceptors (Lipinski definition) is 4. The van der Waals surface area contributed by atoms with Crippen molar-refractivity contribution in [1.82, 2.24) is 0 Å². The molecule has 1 aliphatic heterocycles. The Kier molecular flexibility index (Phi) is 4.20. The molecule has 1 aliphatic rings. The van der Waals surface area contributed by atoms with Crippen LogP contribution in [-0.2, 0) is 14.3 Å². The van der Waals surface area contributed by atoms with Gasteiger partial charge in [0.1, 0.15) is 5.92 Å². The third-order valence-electron chi connectivity index (χ3n) is 2.78. The highest BCUT2D eigenvalue weighted by molar-refractivity contribution is 6.32. The number of carbonyl (C=O) groups is 3. The van der Waals surface area contributed by atoms with Gasteiger partial charge in [-0.25, -0.2) is 4.79 Å². The summed E-state index contributed by atoms with van der Waals surface area (Å²) in [5, 5.41) is 3.02. The number of Topliss-reactive ketones (excluding diaryl/α,β-unsaturated/α-hetero) is 1. The number of ketones is 1. The van der Waals surface area contributed by atoms with Gasteiger partial charge in [0.25, 0.3) is 0 Å². The number of amides is 1. The van der Waals surface area contributed by atoms with Crippen LogP contribution in [0.25, 0.3) is 0 Å². The van der Waals surface area contributed by atoms with Crippen LogP contribution < -0.4 is 5.32 Å². The lowest BCUT2D eigenvalue weighted by molar-refractivity contribution is -0.137. The first-order valence-corrected chi connectivity index (χ1v) is 6.40. The van der Waals surface area contributed by atoms with Crippen LogP contribution in [-0.4, -0.2) is 24.3 Å². The Morgan fingerprint density at radius 3 is 2.90 bits per heavy atom. The summed E-state index contributed by atoms with van der Waals surface area (Å²) in [6.07, 6.45) is 2.33. The highest BCUT2D eigenvalue weighted by Gasteiger charge is 2.32. The van der Waals surface area contributed by atoms with Gasteiger partial charge in [0.2, 0.25) is 5.91 Å². The fourth-order valence-corrected chi connectivity index (χ4v) is 2.04. The van der Waals surface area contributed by atoms with Crippen molar-refractivity contribution in [3.63, 3.8) is 0 Å². The normalized spacial score (nSPS) is 17.8. The number of anilines is 1. The molecule has 0 radical (unpaired) electrons. The molecule has 1 amide bonds. The van der Waals surface area contributed by atoms with Crippen molar-refractivity contribution < 1.29 is 19.1 Å². The fourth-order valence-electron chi connectivity index (χ4n) is 1.87. The fraction of sp³-hybridized carbons (Fsp3) is 0.214. The van der Waals surface area contributed by atoms with Gasteiger partial charge in [-0.15, -0.1) is 0 Å². The van der Waals surface area contributed by atoms with Gasteiger partial charge in [0.05, 0.1) is 12.3 Å². The van der Waals surface area contributed by atoms with Crippen molar-refractivity contribution in [2.45, 2.75) is 6.92 Å². The van der Waals surface area contributed by atoms with Crippen LogP contribution in [0, 0.1) is 5.92 Å². The topological polar surface area (TPSA) is 72.5 Å². The Morgan fingerprint density at radius 2 is 2.20 bits per heavy atom. The maximum atomic E-state index is 12.2. The molecule has 0 aromatic heterocycles. The molecular weight excluding hydrogens is 282 g/mol. The lowest BCUT2D eigenvalue weighted by atomic mass is 9.91. The molecule has 0 spiro atoms. The number of rotatable bonds is 3. The first-order valence-electron chi connectivity index (χ1n) is 6.02. The van der Waals surface area contributed by atoms with Gasteiger partial charge < -0.3 is 10.1 Å². The van der Waals surface area contributed by atoms with Crippen molar-refractivity contribution in [2.24, 2.45) is 5.92 Å². The molecule has 1 unspecified atom stereocenters. The predicted molar refractivity (Wildman–Crippen MR) is 73.7 cm³/mol. The summed E-state index contributed by atoms with van der Waals surface area (Å²) in [6, 6.07) is 4.63. The van der Waals surface area contributed by atoms with Gasteiger partial charge in [-0.2, -0.15) is 0 Å². The smallest absolute Gasteiger partial charge is 0.330 e. The SMILES string of the molecule is CCOC(=O)C=CC1C(=O)Nc2cc(Cl)ccc2C1=O. The number of esters is 1. The summed E-state index contributed by atoms with van der Waals surface area (Å²) >= 11 is 5.81. The quantitative estimate of drug-likeness (QED) is 0.527. The molecule has 1 atom stereocenters. The van der Waals surface area contributed by atoms with Crippen molar-refractivity contribution in [3.05, 3.63) is 40.9 Å². The van der Waals surface area contributed by atoms with Crippen molar-refractivity contribution >= 4 is 34.9 Å². The molecule has 5 nitrogen and oxygen atoms in total. The number of hydrogen-bond donors (Lipinski definition) is 1. The number of fused-ring (bicyclic) bond motifs is 1. The van der Waals surface area contributed by atoms with Gasteiger partial charge >= 0.3 is 5.97 Å². The minimum atomic E-state index is -1.03. The number of benzene rings is 1. The van der Waals surface area contributed by atoms with Gasteiger partial charge in [-0.1, -0.05) is 17.7 Å². The van der Waals surface area contributed by atoms with E-state index >= 15 is 0 Å². The highest BCUT2D eigenvalue weighted by Crippen LogP contribution is 2.28. The van der Waals surface area contributed by atoms with Crippen molar-refractivity contribution in [3.8, 4) is 0 Å². The molecular formula is C14H12ClNO4. The zero-order valence-corrected chi connectivity index (χ0v) is 11.4. The molecule has 0 fully saturated rings. The summed E-state index contributed by atoms with van der Waals surface area (Å²) < 4.78 is 4.70. The van der Waals surface area contributed by atoms with Gasteiger partial charge in [0.15, 0.2) is 5.78 Å². The monoisotopic (exact) mass is 293 g/mol. The van der Waals surface area contributed by atoms with E-state index in [0.717, 1.165) is 6.08 Å². The van der Waals surface area contributed by atoms with E-state index in [9.17, 15) is 14.4 Å². The Bertz CT molecular complexity index is 609. The average molecular weight is 294 g/mol. The van der Waals surface area contributed by atoms with Crippen LogP contribution in [0.5, 0.6) is 0 Å². The first kappa shape index (κ1) is 14.3. The van der Waals surface area contributed by atoms with E-state index < -0.39 is 17.8 Å². The second kappa shape index (κ2) is 5.88. The number of ether oxygens (including phenoxy) is 1. The molecule has 1 aromatic carbocycles. The third-order valence-corrected chi connectivity index (χ3v) is 3.02. The zero-order valence-electron chi connectivity index (χ0n) is 10.7. The summed E-state index contributed by atoms with van der Waals surface area (Å²) in [5.74, 6) is -2.49. The summed E-state index contributed by atoms with van der Waals surface area (Å²) in [4.78, 5) is 35.3. The molecule has 1 aromatic rings. The standard InChI is InChI=1S/C14H12ClNO4/c1-2-20-12(17)6-5-10-13(18)9-4-3-8(15)7-11(9)16-14(10)19/h3-7,10H,2H2,1H3,(H,16,19). The van der Waals surface area contributed by atoms with E-state index in [1.165, 1.54) is 12.1 Å². The van der Waals surface area contributed by atoms with Crippen molar-refractivity contribution in [2.75, 3.05) is 11.9 Å². The molecule has 1 N–H and O–H groups in total. The summed E-state index contributed by atoms with van der Waals surface area (Å²) in [7, 11) is 0. The molecule has 1 heterocycles. The van der Waals surface area contributed by atoms with E-state index in [1.54, 1.807) is 19.1 Å². The van der Waals surface area contributed by atoms with E-state index in [2.05, 4.69) is 5.32 Å². The number of nitrogens with one attached hydrogen (secondary N) is 1. The van der Waals surface area contributed by atoms with Crippen LogP contribution in [0.4, 0.5) is 5.69 Å². The van der Waals surface area contributed by atoms with E-state index in [0.29, 0.717) is 16.3 Å². The Balaban J connectivity index is 2.25. The molecule has 0 bridgehead atoms. The molecule has 0 saturated carbocycles. The number of halogens is 1. The average Bonchev–Trinajstić information content (AvgIpc) is 2.38. The molecule has 0 aliphatic carbocycles. The lowest BCUT2D eigenvalue weighted by Gasteiger charge is -2.21. The van der Waals surface area contributed by atoms with E-state index in [1.807, 2.05) is 0 Å². The maximum Gasteiger partial charge on any atom is 0.330 e. The first-order chi connectivity index (χ1) is 9.52. The predicted octanol–water partition coefficient (Wildman–Crippen LogP) is 2.21. The van der Waals surface area contributed by atoms with Crippen LogP contribution in [0.3, 0.4) is 0 Å². The largest absolute Gasteiger partial charge is 0.463 e. The van der Waals surface area contributed by atoms with E-state index in [4.69, 9.17) is 16.3 Å². The lowest BCUT2D eigenvalue weighted by Crippen LogP contribution is -2.34. The maximum absolute atomic E-state index is 12.2. The molecule has 20 heavy (non-hydrogen) atoms. The van der Waals surface area contributed by atoms with E-state index in [-0.39, 0.29) is 12.4 Å². The third kappa shape index (κ3) is 2.88. The second-order valence-corrected chi connectivity index (χ2v) is 4.57. The van der Waals surface area contributed by atoms with Gasteiger partial charge in [-0.05, 0) is 25.1 Å². The van der Waals surface area contributed by atoms with Crippen LogP contribution in [0.15, 0.2) is 30.4 Å².